The second kappa shape index (κ2) is 4.49. The molecule has 1 aromatic rings. The molecule has 0 radical (unpaired) electrons. The van der Waals surface area contributed by atoms with E-state index in [1.807, 2.05) is 0 Å². The number of likely N-dealkylation sites (N-methyl/N-ethyl adjacent to an activating group) is 1. The van der Waals surface area contributed by atoms with Gasteiger partial charge in [-0.25, -0.2) is 0 Å². The van der Waals surface area contributed by atoms with Gasteiger partial charge in [0.2, 0.25) is 5.91 Å². The third kappa shape index (κ3) is 2.30. The second-order valence-corrected chi connectivity index (χ2v) is 4.01. The highest BCUT2D eigenvalue weighted by atomic mass is 16.5. The van der Waals surface area contributed by atoms with Crippen LogP contribution in [-0.4, -0.2) is 42.0 Å². The van der Waals surface area contributed by atoms with Gasteiger partial charge in [0.25, 0.3) is 0 Å². The molecule has 86 valence electrons. The summed E-state index contributed by atoms with van der Waals surface area (Å²) in [5.74, 6) is 0.107. The molecule has 1 amide bonds. The first-order valence-electron chi connectivity index (χ1n) is 5.24. The van der Waals surface area contributed by atoms with E-state index < -0.39 is 5.91 Å². The van der Waals surface area contributed by atoms with E-state index in [2.05, 4.69) is 16.9 Å². The van der Waals surface area contributed by atoms with E-state index in [4.69, 9.17) is 10.5 Å². The van der Waals surface area contributed by atoms with Gasteiger partial charge in [0, 0.05) is 12.2 Å². The summed E-state index contributed by atoms with van der Waals surface area (Å²) in [5, 5.41) is 0. The number of pyridine rings is 1. The molecule has 1 atom stereocenters. The topological polar surface area (TPSA) is 68.4 Å². The predicted molar refractivity (Wildman–Crippen MR) is 59.3 cm³/mol. The summed E-state index contributed by atoms with van der Waals surface area (Å²) in [6, 6.07) is 2.09. The molecule has 2 heterocycles. The molecule has 1 aliphatic heterocycles. The van der Waals surface area contributed by atoms with Gasteiger partial charge < -0.3 is 10.5 Å². The van der Waals surface area contributed by atoms with Crippen LogP contribution >= 0.6 is 0 Å². The monoisotopic (exact) mass is 221 g/mol. The highest BCUT2D eigenvalue weighted by Crippen LogP contribution is 2.17. The van der Waals surface area contributed by atoms with Crippen LogP contribution in [-0.2, 0) is 0 Å². The largest absolute Gasteiger partial charge is 0.490 e. The van der Waals surface area contributed by atoms with Crippen molar-refractivity contribution in [3.8, 4) is 5.75 Å². The highest BCUT2D eigenvalue weighted by Gasteiger charge is 2.24. The third-order valence-corrected chi connectivity index (χ3v) is 2.88. The molecule has 1 saturated heterocycles. The van der Waals surface area contributed by atoms with E-state index in [0.29, 0.717) is 24.0 Å². The Bertz CT molecular complexity index is 395. The summed E-state index contributed by atoms with van der Waals surface area (Å²) in [5.41, 5.74) is 5.53. The van der Waals surface area contributed by atoms with Crippen molar-refractivity contribution in [2.45, 2.75) is 12.5 Å². The normalized spacial score (nSPS) is 20.2. The summed E-state index contributed by atoms with van der Waals surface area (Å²) < 4.78 is 5.56. The minimum Gasteiger partial charge on any atom is -0.490 e. The SMILES string of the molecule is CN1CC[C@@H]1COc1cncc(C(N)=O)c1. The molecule has 0 aliphatic carbocycles. The lowest BCUT2D eigenvalue weighted by atomic mass is 10.1. The van der Waals surface area contributed by atoms with Crippen molar-refractivity contribution in [2.24, 2.45) is 5.73 Å². The average Bonchev–Trinajstić information content (AvgIpc) is 2.27. The van der Waals surface area contributed by atoms with E-state index >= 15 is 0 Å². The maximum Gasteiger partial charge on any atom is 0.250 e. The fourth-order valence-corrected chi connectivity index (χ4v) is 1.61. The Morgan fingerprint density at radius 2 is 2.50 bits per heavy atom. The van der Waals surface area contributed by atoms with Crippen LogP contribution in [0.15, 0.2) is 18.5 Å². The van der Waals surface area contributed by atoms with Crippen molar-refractivity contribution in [3.63, 3.8) is 0 Å². The number of aromatic nitrogens is 1. The average molecular weight is 221 g/mol. The molecule has 5 heteroatoms. The molecule has 1 fully saturated rings. The Morgan fingerprint density at radius 3 is 3.06 bits per heavy atom. The summed E-state index contributed by atoms with van der Waals surface area (Å²) in [4.78, 5) is 17.1. The van der Waals surface area contributed by atoms with E-state index in [1.165, 1.54) is 6.20 Å². The molecular weight excluding hydrogens is 206 g/mol. The van der Waals surface area contributed by atoms with Gasteiger partial charge in [0.15, 0.2) is 0 Å². The minimum absolute atomic E-state index is 0.375. The summed E-state index contributed by atoms with van der Waals surface area (Å²) >= 11 is 0. The molecular formula is C11H15N3O2. The number of ether oxygens (including phenoxy) is 1. The first-order valence-corrected chi connectivity index (χ1v) is 5.24. The fraction of sp³-hybridized carbons (Fsp3) is 0.455. The number of amides is 1. The number of hydrogen-bond donors (Lipinski definition) is 1. The van der Waals surface area contributed by atoms with Gasteiger partial charge in [-0.3, -0.25) is 14.7 Å². The number of primary amides is 1. The summed E-state index contributed by atoms with van der Waals surface area (Å²) in [7, 11) is 2.07. The van der Waals surface area contributed by atoms with Gasteiger partial charge in [-0.2, -0.15) is 0 Å². The zero-order valence-electron chi connectivity index (χ0n) is 9.22. The molecule has 16 heavy (non-hydrogen) atoms. The Hall–Kier alpha value is -1.62. The van der Waals surface area contributed by atoms with Crippen LogP contribution in [0.5, 0.6) is 5.75 Å². The van der Waals surface area contributed by atoms with Crippen molar-refractivity contribution in [2.75, 3.05) is 20.2 Å². The molecule has 0 unspecified atom stereocenters. The second-order valence-electron chi connectivity index (χ2n) is 4.01. The van der Waals surface area contributed by atoms with Gasteiger partial charge in [0.1, 0.15) is 12.4 Å². The number of nitrogens with two attached hydrogens (primary N) is 1. The molecule has 1 aromatic heterocycles. The Morgan fingerprint density at radius 1 is 1.69 bits per heavy atom. The van der Waals surface area contributed by atoms with Crippen molar-refractivity contribution in [1.82, 2.24) is 9.88 Å². The Balaban J connectivity index is 1.93. The lowest BCUT2D eigenvalue weighted by Gasteiger charge is -2.37. The quantitative estimate of drug-likeness (QED) is 0.792. The number of carbonyl (C=O) groups is 1. The van der Waals surface area contributed by atoms with Crippen LogP contribution < -0.4 is 10.5 Å². The van der Waals surface area contributed by atoms with E-state index in [0.717, 1.165) is 13.0 Å². The summed E-state index contributed by atoms with van der Waals surface area (Å²) in [6.07, 6.45) is 4.18. The molecule has 0 spiro atoms. The van der Waals surface area contributed by atoms with Crippen LogP contribution in [0.25, 0.3) is 0 Å². The van der Waals surface area contributed by atoms with E-state index in [1.54, 1.807) is 12.3 Å². The fourth-order valence-electron chi connectivity index (χ4n) is 1.61. The van der Waals surface area contributed by atoms with Gasteiger partial charge >= 0.3 is 0 Å². The van der Waals surface area contributed by atoms with Crippen molar-refractivity contribution >= 4 is 5.91 Å². The number of rotatable bonds is 4. The predicted octanol–water partition coefficient (Wildman–Crippen LogP) is 0.263. The van der Waals surface area contributed by atoms with Crippen LogP contribution in [0.3, 0.4) is 0 Å². The number of hydrogen-bond acceptors (Lipinski definition) is 4. The van der Waals surface area contributed by atoms with Crippen molar-refractivity contribution < 1.29 is 9.53 Å². The molecule has 5 nitrogen and oxygen atoms in total. The van der Waals surface area contributed by atoms with Crippen LogP contribution in [0.4, 0.5) is 0 Å². The van der Waals surface area contributed by atoms with Crippen LogP contribution in [0, 0.1) is 0 Å². The molecule has 0 aromatic carbocycles. The first-order chi connectivity index (χ1) is 7.66. The van der Waals surface area contributed by atoms with Gasteiger partial charge in [-0.05, 0) is 26.1 Å². The van der Waals surface area contributed by atoms with Crippen molar-refractivity contribution in [1.29, 1.82) is 0 Å². The van der Waals surface area contributed by atoms with Crippen molar-refractivity contribution in [3.05, 3.63) is 24.0 Å². The lowest BCUT2D eigenvalue weighted by Crippen LogP contribution is -2.48. The van der Waals surface area contributed by atoms with Gasteiger partial charge in [-0.15, -0.1) is 0 Å². The zero-order chi connectivity index (χ0) is 11.5. The number of nitrogens with zero attached hydrogens (tertiary/aromatic N) is 2. The molecule has 1 aliphatic rings. The summed E-state index contributed by atoms with van der Waals surface area (Å²) in [6.45, 7) is 1.74. The number of likely N-dealkylation sites (tertiary alicyclic amines) is 1. The maximum absolute atomic E-state index is 10.9. The smallest absolute Gasteiger partial charge is 0.250 e. The van der Waals surface area contributed by atoms with Gasteiger partial charge in [0.05, 0.1) is 11.8 Å². The standard InChI is InChI=1S/C11H15N3O2/c1-14-3-2-9(14)7-16-10-4-8(11(12)15)5-13-6-10/h4-6,9H,2-3,7H2,1H3,(H2,12,15)/t9-/m1/s1. The van der Waals surface area contributed by atoms with E-state index in [-0.39, 0.29) is 0 Å². The highest BCUT2D eigenvalue weighted by molar-refractivity contribution is 5.92. The first kappa shape index (κ1) is 10.9. The maximum atomic E-state index is 10.9. The Kier molecular flexibility index (Phi) is 3.05. The molecule has 0 bridgehead atoms. The van der Waals surface area contributed by atoms with Crippen LogP contribution in [0.1, 0.15) is 16.8 Å². The molecule has 2 N–H and O–H groups in total. The molecule has 2 rings (SSSR count). The third-order valence-electron chi connectivity index (χ3n) is 2.88. The lowest BCUT2D eigenvalue weighted by molar-refractivity contribution is 0.0766. The minimum atomic E-state index is -0.487. The van der Waals surface area contributed by atoms with E-state index in [9.17, 15) is 4.79 Å². The number of carbonyl (C=O) groups excluding carboxylic acids is 1. The zero-order valence-corrected chi connectivity index (χ0v) is 9.22. The van der Waals surface area contributed by atoms with Gasteiger partial charge in [-0.1, -0.05) is 0 Å². The molecule has 0 saturated carbocycles. The Labute approximate surface area is 94.2 Å². The van der Waals surface area contributed by atoms with Crippen LogP contribution in [0.2, 0.25) is 0 Å².